The molecule has 0 aliphatic carbocycles. The maximum Gasteiger partial charge on any atom is 0.338 e. The van der Waals surface area contributed by atoms with Crippen molar-refractivity contribution in [2.75, 3.05) is 80.8 Å². The van der Waals surface area contributed by atoms with Crippen molar-refractivity contribution in [1.82, 2.24) is 60.8 Å². The van der Waals surface area contributed by atoms with E-state index in [1.165, 1.54) is 77.8 Å². The first-order valence-electron chi connectivity index (χ1n) is 41.2. The molecule has 16 rings (SSSR count). The Morgan fingerprint density at radius 2 is 0.669 bits per heavy atom. The van der Waals surface area contributed by atoms with E-state index < -0.39 is 219 Å². The van der Waals surface area contributed by atoms with E-state index in [-0.39, 0.29) is 124 Å². The largest absolute Gasteiger partial charge is 0.480 e. The van der Waals surface area contributed by atoms with Crippen LogP contribution < -0.4 is 21.3 Å². The monoisotopic (exact) mass is 2080 g/mol. The molecule has 4 saturated heterocycles. The Bertz CT molecular complexity index is 6290. The minimum atomic E-state index is -3.29. The number of amidine groups is 4. The van der Waals surface area contributed by atoms with Crippen molar-refractivity contribution in [2.24, 2.45) is 20.0 Å². The second kappa shape index (κ2) is 43.1. The quantitative estimate of drug-likeness (QED) is 0.0158. The standard InChI is InChI=1S/C24H21ClF4N4O4.3C21H18ClF3N4O4S/c1-11-5-15(27)20(30-8-11)21-31-16(9-33-10-24(28,29)7-17(33)22(34)35)18(23(36)37-2)19(32-21)13-4-3-12(26)6-14(13)25;3*1-33-20(32)15-13(8-29-9-21(24,25)7-14(29)19(30)31)27-17(18-26-4-5-34-18)28-16(15)11-3-2-10(23)6-12(11)22/h3-6,8,17,19H,7,9-10H2,1-2H3,(H,31,32)(H,34,35);3*2-6,14,16H,7-9H2,1H3,(H,27,28)(H,30,31)/t17-,19-;14-,16?;2*14-,16-/m0000/s1/i;;16D;. The average molecular weight is 2090 g/mol. The zero-order valence-corrected chi connectivity index (χ0v) is 77.8. The number of carbonyl (C=O) groups is 8. The third-order valence-corrected chi connectivity index (χ3v) is 25.8. The lowest BCUT2D eigenvalue weighted by molar-refractivity contribution is -0.143. The van der Waals surface area contributed by atoms with Crippen molar-refractivity contribution in [2.45, 2.75) is 105 Å². The summed E-state index contributed by atoms with van der Waals surface area (Å²) in [5, 5.41) is 55.3. The Labute approximate surface area is 811 Å². The highest BCUT2D eigenvalue weighted by atomic mass is 35.5. The van der Waals surface area contributed by atoms with Gasteiger partial charge in [0.1, 0.15) is 77.3 Å². The van der Waals surface area contributed by atoms with Crippen LogP contribution in [0.4, 0.5) is 57.1 Å². The number of hydrogen-bond donors (Lipinski definition) is 8. The van der Waals surface area contributed by atoms with Crippen LogP contribution in [0.25, 0.3) is 0 Å². The summed E-state index contributed by atoms with van der Waals surface area (Å²) in [5.41, 5.74) is 0.265. The van der Waals surface area contributed by atoms with Crippen LogP contribution >= 0.6 is 80.4 Å². The van der Waals surface area contributed by atoms with Gasteiger partial charge < -0.3 is 60.6 Å². The number of ether oxygens (including phenoxy) is 4. The fraction of sp³-hybridized carbons (Fsp3) is 0.333. The van der Waals surface area contributed by atoms with Gasteiger partial charge in [0.25, 0.3) is 23.7 Å². The van der Waals surface area contributed by atoms with Crippen LogP contribution in [0.5, 0.6) is 0 Å². The number of hydrogen-bond acceptors (Lipinski definition) is 31. The second-order valence-electron chi connectivity index (χ2n) is 31.7. The number of nitrogens with zero attached hydrogens (tertiary/aromatic N) is 12. The van der Waals surface area contributed by atoms with E-state index in [0.717, 1.165) is 108 Å². The van der Waals surface area contributed by atoms with Crippen molar-refractivity contribution < 1.29 is 136 Å². The van der Waals surface area contributed by atoms with Gasteiger partial charge in [0.2, 0.25) is 0 Å². The number of aromatic nitrogens is 4. The van der Waals surface area contributed by atoms with Crippen LogP contribution in [-0.4, -0.2) is 260 Å². The lowest BCUT2D eigenvalue weighted by atomic mass is 9.94. The summed E-state index contributed by atoms with van der Waals surface area (Å²) in [6.07, 6.45) is 2.37. The molecule has 8 aromatic rings. The SMILES string of the molecule is COC(=O)C1=C(CN2CC(F)(F)C[C@H]2C(=O)O)NC(c2ncc(C)cc2F)=N[C@H]1c1ccc(F)cc1Cl.COC(=O)C1=C(CN2CC(F)(F)C[C@H]2C(=O)O)NC(c2nccs2)=NC1c1ccc(F)cc1Cl.COC(=O)C1=C(CN2CC(F)(F)C[C@H]2C(=O)O)NC(c2nccs2)=N[C@H]1c1ccc(F)cc1Cl.[2H][C@@]1(c2ccc(F)cc2Cl)N=C(c2nccs2)NC(CN2CC(F)(F)C[C@H]2C(=O)O)=C1C(=O)OC. The number of thiazole rings is 3. The van der Waals surface area contributed by atoms with Crippen LogP contribution in [0, 0.1) is 36.0 Å². The zero-order valence-electron chi connectivity index (χ0n) is 73.3. The van der Waals surface area contributed by atoms with Gasteiger partial charge in [-0.1, -0.05) is 70.7 Å². The molecule has 8 atom stereocenters. The normalized spacial score (nSPS) is 22.7. The highest BCUT2D eigenvalue weighted by Gasteiger charge is 2.54. The van der Waals surface area contributed by atoms with Crippen LogP contribution in [-0.2, 0) is 57.3 Å². The fourth-order valence-corrected chi connectivity index (χ4v) is 18.9. The number of nitrogens with one attached hydrogen (secondary N) is 4. The summed E-state index contributed by atoms with van der Waals surface area (Å²) in [5.74, 6) is -25.3. The molecule has 1 unspecified atom stereocenters. The highest BCUT2D eigenvalue weighted by molar-refractivity contribution is 7.12. The van der Waals surface area contributed by atoms with Gasteiger partial charge in [-0.3, -0.25) is 58.7 Å². The van der Waals surface area contributed by atoms with E-state index in [0.29, 0.717) is 20.6 Å². The van der Waals surface area contributed by atoms with Gasteiger partial charge in [-0.15, -0.1) is 34.0 Å². The number of esters is 4. The van der Waals surface area contributed by atoms with Crippen LogP contribution in [0.2, 0.25) is 20.1 Å². The number of likely N-dealkylation sites (tertiary alicyclic amines) is 4. The van der Waals surface area contributed by atoms with Crippen LogP contribution in [0.15, 0.2) is 185 Å². The number of carboxylic acid groups (broad SMARTS) is 4. The van der Waals surface area contributed by atoms with E-state index in [9.17, 15) is 117 Å². The minimum Gasteiger partial charge on any atom is -0.480 e. The van der Waals surface area contributed by atoms with E-state index >= 15 is 0 Å². The summed E-state index contributed by atoms with van der Waals surface area (Å²) in [4.78, 5) is 137. The Kier molecular flexibility index (Phi) is 31.8. The molecule has 4 aromatic heterocycles. The first-order valence-corrected chi connectivity index (χ1v) is 44.9. The molecule has 0 bridgehead atoms. The van der Waals surface area contributed by atoms with Gasteiger partial charge in [-0.25, -0.2) is 96.2 Å². The molecular weight excluding hydrogens is 2010 g/mol. The maximum absolute atomic E-state index is 14.9. The second-order valence-corrected chi connectivity index (χ2v) is 36.0. The number of methoxy groups -OCH3 is 4. The van der Waals surface area contributed by atoms with E-state index in [4.69, 9.17) is 65.4 Å². The number of aliphatic imine (C=N–C) groups is 4. The predicted molar refractivity (Wildman–Crippen MR) is 477 cm³/mol. The van der Waals surface area contributed by atoms with Gasteiger partial charge in [0.15, 0.2) is 44.2 Å². The molecule has 0 spiro atoms. The predicted octanol–water partition coefficient (Wildman–Crippen LogP) is 13.4. The summed E-state index contributed by atoms with van der Waals surface area (Å²) in [7, 11) is 4.42. The van der Waals surface area contributed by atoms with Gasteiger partial charge in [-0.05, 0) is 67.1 Å². The first-order chi connectivity index (χ1) is 66.0. The Morgan fingerprint density at radius 1 is 0.403 bits per heavy atom. The van der Waals surface area contributed by atoms with Gasteiger partial charge in [0.05, 0.1) is 78.3 Å². The number of rotatable bonds is 24. The molecule has 736 valence electrons. The molecule has 139 heavy (non-hydrogen) atoms. The van der Waals surface area contributed by atoms with Crippen molar-refractivity contribution in [3.05, 3.63) is 263 Å². The smallest absolute Gasteiger partial charge is 0.338 e. The van der Waals surface area contributed by atoms with Gasteiger partial charge in [0, 0.05) is 158 Å². The van der Waals surface area contributed by atoms with Crippen molar-refractivity contribution in [3.63, 3.8) is 0 Å². The van der Waals surface area contributed by atoms with E-state index in [1.807, 2.05) is 0 Å². The molecule has 8 aliphatic rings. The van der Waals surface area contributed by atoms with Gasteiger partial charge in [-0.2, -0.15) is 0 Å². The average Bonchev–Trinajstić information content (AvgIpc) is 0.982. The molecule has 8 N–H and O–H groups in total. The molecule has 0 radical (unpaired) electrons. The summed E-state index contributed by atoms with van der Waals surface area (Å²) < 4.78 is 212. The number of benzene rings is 4. The van der Waals surface area contributed by atoms with Crippen LogP contribution in [0.1, 0.15) is 99.7 Å². The lowest BCUT2D eigenvalue weighted by Crippen LogP contribution is -2.43. The Morgan fingerprint density at radius 3 is 0.935 bits per heavy atom. The van der Waals surface area contributed by atoms with Crippen LogP contribution in [0.3, 0.4) is 0 Å². The van der Waals surface area contributed by atoms with Crippen molar-refractivity contribution >= 4 is 152 Å². The molecule has 52 heteroatoms. The molecular formula is C87H75Cl4F13N16O16S3. The number of aryl methyl sites for hydroxylation is 1. The molecule has 0 saturated carbocycles. The third kappa shape index (κ3) is 24.2. The third-order valence-electron chi connectivity index (χ3n) is 22.1. The molecule has 4 fully saturated rings. The first kappa shape index (κ1) is 102. The van der Waals surface area contributed by atoms with Crippen molar-refractivity contribution in [3.8, 4) is 0 Å². The lowest BCUT2D eigenvalue weighted by Gasteiger charge is -2.30. The summed E-state index contributed by atoms with van der Waals surface area (Å²) >= 11 is 28.6. The molecule has 0 amide bonds. The number of alkyl halides is 8. The topological polar surface area (TPSA) is 416 Å². The van der Waals surface area contributed by atoms with E-state index in [2.05, 4.69) is 61.2 Å². The minimum absolute atomic E-state index is 0.00832. The van der Waals surface area contributed by atoms with Crippen molar-refractivity contribution in [1.29, 1.82) is 0 Å². The van der Waals surface area contributed by atoms with E-state index in [1.54, 1.807) is 23.1 Å². The molecule has 8 aliphatic heterocycles. The maximum atomic E-state index is 14.9. The molecule has 32 nitrogen and oxygen atoms in total. The fourth-order valence-electron chi connectivity index (χ4n) is 16.1. The Hall–Kier alpha value is -12.4. The highest BCUT2D eigenvalue weighted by Crippen LogP contribution is 2.46. The number of carboxylic acids is 4. The number of aliphatic carboxylic acids is 4. The van der Waals surface area contributed by atoms with Gasteiger partial charge >= 0.3 is 47.8 Å². The zero-order chi connectivity index (χ0) is 102. The number of halogens is 17. The summed E-state index contributed by atoms with van der Waals surface area (Å²) in [6.45, 7) is -3.39. The number of carbonyl (C=O) groups excluding carboxylic acids is 4. The summed E-state index contributed by atoms with van der Waals surface area (Å²) in [6, 6.07) is 3.14. The number of pyridine rings is 1. The Balaban J connectivity index is 0.000000157. The molecule has 12 heterocycles. The molecule has 4 aromatic carbocycles.